The van der Waals surface area contributed by atoms with Crippen LogP contribution in [0.15, 0.2) is 23.2 Å². The van der Waals surface area contributed by atoms with Crippen molar-refractivity contribution in [3.05, 3.63) is 34.9 Å². The van der Waals surface area contributed by atoms with Crippen molar-refractivity contribution in [3.8, 4) is 0 Å². The van der Waals surface area contributed by atoms with Crippen molar-refractivity contribution in [2.75, 3.05) is 39.9 Å². The lowest BCUT2D eigenvalue weighted by atomic mass is 10.00. The second kappa shape index (κ2) is 10.2. The molecular weight excluding hydrogens is 330 g/mol. The van der Waals surface area contributed by atoms with Crippen LogP contribution in [0.5, 0.6) is 0 Å². The van der Waals surface area contributed by atoms with Crippen LogP contribution in [0.4, 0.5) is 0 Å². The Morgan fingerprint density at radius 1 is 1.42 bits per heavy atom. The zero-order valence-electron chi connectivity index (χ0n) is 16.4. The van der Waals surface area contributed by atoms with E-state index in [1.54, 1.807) is 7.05 Å². The lowest BCUT2D eigenvalue weighted by Crippen LogP contribution is -2.48. The number of nitrogens with zero attached hydrogens (tertiary/aromatic N) is 2. The van der Waals surface area contributed by atoms with Gasteiger partial charge in [-0.25, -0.2) is 0 Å². The van der Waals surface area contributed by atoms with E-state index in [2.05, 4.69) is 47.3 Å². The number of aryl methyl sites for hydroxylation is 2. The molecule has 1 aliphatic heterocycles. The van der Waals surface area contributed by atoms with Gasteiger partial charge in [-0.05, 0) is 38.3 Å². The molecule has 1 aliphatic rings. The molecule has 0 aromatic heterocycles. The number of nitrogens with one attached hydrogen (secondary N) is 1. The van der Waals surface area contributed by atoms with Crippen molar-refractivity contribution in [1.82, 2.24) is 10.2 Å². The normalized spacial score (nSPS) is 17.9. The molecule has 1 atom stereocenters. The number of morpholine rings is 1. The lowest BCUT2D eigenvalue weighted by Gasteiger charge is -2.35. The van der Waals surface area contributed by atoms with Crippen LogP contribution >= 0.6 is 0 Å². The molecule has 1 aromatic carbocycles. The van der Waals surface area contributed by atoms with Crippen molar-refractivity contribution in [3.63, 3.8) is 0 Å². The molecule has 1 saturated heterocycles. The minimum absolute atomic E-state index is 0.0439. The van der Waals surface area contributed by atoms with Crippen molar-refractivity contribution in [2.24, 2.45) is 4.99 Å². The van der Waals surface area contributed by atoms with Crippen LogP contribution in [-0.4, -0.2) is 56.7 Å². The van der Waals surface area contributed by atoms with Crippen molar-refractivity contribution in [1.29, 1.82) is 0 Å². The first-order chi connectivity index (χ1) is 12.5. The molecule has 0 saturated carbocycles. The molecular formula is C20H31N3O3. The molecule has 26 heavy (non-hydrogen) atoms. The van der Waals surface area contributed by atoms with Gasteiger partial charge in [0.15, 0.2) is 5.96 Å². The number of esters is 1. The van der Waals surface area contributed by atoms with Gasteiger partial charge in [-0.15, -0.1) is 0 Å². The first-order valence-corrected chi connectivity index (χ1v) is 9.35. The maximum atomic E-state index is 11.4. The summed E-state index contributed by atoms with van der Waals surface area (Å²) in [4.78, 5) is 18.0. The van der Waals surface area contributed by atoms with Gasteiger partial charge in [0.25, 0.3) is 0 Å². The highest BCUT2D eigenvalue weighted by Gasteiger charge is 2.25. The zero-order chi connectivity index (χ0) is 18.9. The summed E-state index contributed by atoms with van der Waals surface area (Å²) in [6, 6.07) is 6.49. The number of hydrogen-bond acceptors (Lipinski definition) is 4. The Hall–Kier alpha value is -2.08. The quantitative estimate of drug-likeness (QED) is 0.365. The fourth-order valence-electron chi connectivity index (χ4n) is 3.22. The van der Waals surface area contributed by atoms with Crippen molar-refractivity contribution in [2.45, 2.75) is 39.7 Å². The molecule has 1 unspecified atom stereocenters. The average Bonchev–Trinajstić information content (AvgIpc) is 2.62. The van der Waals surface area contributed by atoms with Crippen LogP contribution < -0.4 is 5.32 Å². The molecule has 2 rings (SSSR count). The highest BCUT2D eigenvalue weighted by Crippen LogP contribution is 2.25. The Labute approximate surface area is 156 Å². The Kier molecular flexibility index (Phi) is 7.91. The molecule has 0 bridgehead atoms. The zero-order valence-corrected chi connectivity index (χ0v) is 16.4. The molecule has 1 N–H and O–H groups in total. The molecule has 0 radical (unpaired) electrons. The Bertz CT molecular complexity index is 631. The van der Waals surface area contributed by atoms with Gasteiger partial charge in [-0.3, -0.25) is 9.79 Å². The molecule has 1 aromatic rings. The van der Waals surface area contributed by atoms with Gasteiger partial charge in [-0.1, -0.05) is 23.8 Å². The predicted octanol–water partition coefficient (Wildman–Crippen LogP) is 2.60. The average molecular weight is 361 g/mol. The number of ether oxygens (including phenoxy) is 2. The van der Waals surface area contributed by atoms with Gasteiger partial charge in [0.2, 0.25) is 0 Å². The lowest BCUT2D eigenvalue weighted by molar-refractivity contribution is -0.143. The van der Waals surface area contributed by atoms with E-state index in [1.165, 1.54) is 16.7 Å². The van der Waals surface area contributed by atoms with Crippen LogP contribution in [0.25, 0.3) is 0 Å². The monoisotopic (exact) mass is 361 g/mol. The Morgan fingerprint density at radius 3 is 2.92 bits per heavy atom. The summed E-state index contributed by atoms with van der Waals surface area (Å²) in [5.41, 5.74) is 3.75. The van der Waals surface area contributed by atoms with Crippen LogP contribution in [0.3, 0.4) is 0 Å². The number of guanidine groups is 1. The highest BCUT2D eigenvalue weighted by molar-refractivity contribution is 5.80. The van der Waals surface area contributed by atoms with Gasteiger partial charge in [-0.2, -0.15) is 0 Å². The van der Waals surface area contributed by atoms with E-state index in [4.69, 9.17) is 9.47 Å². The third-order valence-corrected chi connectivity index (χ3v) is 4.50. The van der Waals surface area contributed by atoms with Crippen LogP contribution in [0, 0.1) is 13.8 Å². The molecule has 0 spiro atoms. The molecule has 6 nitrogen and oxygen atoms in total. The van der Waals surface area contributed by atoms with Gasteiger partial charge in [0.1, 0.15) is 6.10 Å². The van der Waals surface area contributed by atoms with E-state index in [1.807, 2.05) is 6.92 Å². The van der Waals surface area contributed by atoms with Gasteiger partial charge < -0.3 is 19.7 Å². The van der Waals surface area contributed by atoms with Gasteiger partial charge >= 0.3 is 5.97 Å². The summed E-state index contributed by atoms with van der Waals surface area (Å²) in [5, 5.41) is 3.34. The minimum Gasteiger partial charge on any atom is -0.466 e. The van der Waals surface area contributed by atoms with E-state index < -0.39 is 0 Å². The number of hydrogen-bond donors (Lipinski definition) is 1. The molecule has 0 aliphatic carbocycles. The fourth-order valence-corrected chi connectivity index (χ4v) is 3.22. The summed E-state index contributed by atoms with van der Waals surface area (Å²) >= 11 is 0. The van der Waals surface area contributed by atoms with E-state index >= 15 is 0 Å². The van der Waals surface area contributed by atoms with Crippen LogP contribution in [-0.2, 0) is 14.3 Å². The van der Waals surface area contributed by atoms with E-state index in [9.17, 15) is 4.79 Å². The summed E-state index contributed by atoms with van der Waals surface area (Å²) in [7, 11) is 1.79. The first kappa shape index (κ1) is 20.2. The Balaban J connectivity index is 1.89. The molecule has 1 fully saturated rings. The number of carbonyl (C=O) groups excluding carboxylic acids is 1. The SMILES string of the molecule is CCOC(=O)CCCNC(=NC)N1CCOC(c2ccc(C)cc2C)C1. The summed E-state index contributed by atoms with van der Waals surface area (Å²) in [6.07, 6.45) is 1.19. The molecule has 6 heteroatoms. The third-order valence-electron chi connectivity index (χ3n) is 4.50. The molecule has 144 valence electrons. The first-order valence-electron chi connectivity index (χ1n) is 9.35. The van der Waals surface area contributed by atoms with Crippen LogP contribution in [0.1, 0.15) is 42.6 Å². The molecule has 0 amide bonds. The number of rotatable bonds is 6. The summed E-state index contributed by atoms with van der Waals surface area (Å²) < 4.78 is 11.0. The van der Waals surface area contributed by atoms with Gasteiger partial charge in [0, 0.05) is 26.6 Å². The Morgan fingerprint density at radius 2 is 2.23 bits per heavy atom. The van der Waals surface area contributed by atoms with E-state index in [0.29, 0.717) is 26.2 Å². The minimum atomic E-state index is -0.148. The maximum absolute atomic E-state index is 11.4. The topological polar surface area (TPSA) is 63.2 Å². The highest BCUT2D eigenvalue weighted by atomic mass is 16.5. The maximum Gasteiger partial charge on any atom is 0.305 e. The van der Waals surface area contributed by atoms with Crippen molar-refractivity contribution < 1.29 is 14.3 Å². The summed E-state index contributed by atoms with van der Waals surface area (Å²) in [5.74, 6) is 0.706. The fraction of sp³-hybridized carbons (Fsp3) is 0.600. The third kappa shape index (κ3) is 5.73. The van der Waals surface area contributed by atoms with Gasteiger partial charge in [0.05, 0.1) is 19.8 Å². The number of aliphatic imine (C=N–C) groups is 1. The number of benzene rings is 1. The number of carbonyl (C=O) groups is 1. The second-order valence-corrected chi connectivity index (χ2v) is 6.55. The summed E-state index contributed by atoms with van der Waals surface area (Å²) in [6.45, 7) is 9.42. The molecule has 1 heterocycles. The van der Waals surface area contributed by atoms with E-state index in [-0.39, 0.29) is 12.1 Å². The van der Waals surface area contributed by atoms with Crippen molar-refractivity contribution >= 4 is 11.9 Å². The predicted molar refractivity (Wildman–Crippen MR) is 103 cm³/mol. The largest absolute Gasteiger partial charge is 0.466 e. The van der Waals surface area contributed by atoms with E-state index in [0.717, 1.165) is 25.5 Å². The smallest absolute Gasteiger partial charge is 0.305 e. The second-order valence-electron chi connectivity index (χ2n) is 6.55. The standard InChI is InChI=1S/C20H31N3O3/c1-5-25-19(24)7-6-10-22-20(21-4)23-11-12-26-18(14-23)17-9-8-15(2)13-16(17)3/h8-9,13,18H,5-7,10-12,14H2,1-4H3,(H,21,22). The van der Waals surface area contributed by atoms with Crippen LogP contribution in [0.2, 0.25) is 0 Å².